The molecule has 6 aliphatic rings. The standard InChI is InChI=1S/C25H41B/c1-9-15(2)14-26(22-12-18-10-20(16(22)3)24(18,5)6)23-13-19-11-21(17(23)4)25(19,7)8/h9,16-23H,1-2,10-14H2,3-8H3/t16-,17-,18-,19-,20+,21+,22+,23+/m0/s1. The van der Waals surface area contributed by atoms with Gasteiger partial charge in [-0.15, -0.1) is 0 Å². The summed E-state index contributed by atoms with van der Waals surface area (Å²) >= 11 is 0. The number of allylic oxidation sites excluding steroid dienone is 2. The molecule has 0 heterocycles. The zero-order chi connectivity index (χ0) is 19.0. The van der Waals surface area contributed by atoms with Crippen molar-refractivity contribution < 1.29 is 0 Å². The lowest BCUT2D eigenvalue weighted by atomic mass is 9.20. The van der Waals surface area contributed by atoms with Crippen molar-refractivity contribution in [3.63, 3.8) is 0 Å². The number of hydrogen-bond acceptors (Lipinski definition) is 0. The summed E-state index contributed by atoms with van der Waals surface area (Å²) in [6.45, 7) is 24.6. The van der Waals surface area contributed by atoms with E-state index in [0.717, 1.165) is 53.9 Å². The van der Waals surface area contributed by atoms with Gasteiger partial charge in [-0.1, -0.05) is 90.8 Å². The first-order valence-corrected chi connectivity index (χ1v) is 11.4. The van der Waals surface area contributed by atoms with Crippen LogP contribution in [0.5, 0.6) is 0 Å². The normalized spacial score (nSPS) is 47.3. The van der Waals surface area contributed by atoms with Gasteiger partial charge in [0, 0.05) is 0 Å². The second-order valence-corrected chi connectivity index (χ2v) is 12.0. The second kappa shape index (κ2) is 6.02. The van der Waals surface area contributed by atoms with Gasteiger partial charge in [0.2, 0.25) is 0 Å². The Morgan fingerprint density at radius 3 is 1.62 bits per heavy atom. The van der Waals surface area contributed by atoms with Gasteiger partial charge in [0.1, 0.15) is 0 Å². The summed E-state index contributed by atoms with van der Waals surface area (Å²) in [6, 6.07) is 0. The Labute approximate surface area is 163 Å². The maximum Gasteiger partial charge on any atom is 0.151 e. The Balaban J connectivity index is 1.58. The van der Waals surface area contributed by atoms with E-state index in [0.29, 0.717) is 10.8 Å². The van der Waals surface area contributed by atoms with Gasteiger partial charge in [-0.05, 0) is 65.5 Å². The highest BCUT2D eigenvalue weighted by molar-refractivity contribution is 6.63. The minimum Gasteiger partial charge on any atom is -0.0988 e. The highest BCUT2D eigenvalue weighted by Gasteiger charge is 2.62. The molecule has 6 saturated carbocycles. The van der Waals surface area contributed by atoms with Crippen LogP contribution < -0.4 is 0 Å². The lowest BCUT2D eigenvalue weighted by Gasteiger charge is -2.66. The predicted octanol–water partition coefficient (Wildman–Crippen LogP) is 7.37. The molecule has 6 aliphatic carbocycles. The van der Waals surface area contributed by atoms with Gasteiger partial charge >= 0.3 is 0 Å². The molecule has 144 valence electrons. The zero-order valence-electron chi connectivity index (χ0n) is 18.2. The first-order valence-electron chi connectivity index (χ1n) is 11.4. The topological polar surface area (TPSA) is 0 Å². The van der Waals surface area contributed by atoms with Crippen LogP contribution in [-0.2, 0) is 0 Å². The van der Waals surface area contributed by atoms with E-state index < -0.39 is 0 Å². The second-order valence-electron chi connectivity index (χ2n) is 12.0. The van der Waals surface area contributed by atoms with E-state index >= 15 is 0 Å². The van der Waals surface area contributed by atoms with Crippen LogP contribution in [0.3, 0.4) is 0 Å². The monoisotopic (exact) mass is 352 g/mol. The van der Waals surface area contributed by atoms with Crippen LogP contribution in [-0.4, -0.2) is 6.71 Å². The maximum absolute atomic E-state index is 4.35. The Bertz CT molecular complexity index is 557. The van der Waals surface area contributed by atoms with E-state index in [9.17, 15) is 0 Å². The van der Waals surface area contributed by atoms with E-state index in [2.05, 4.69) is 54.7 Å². The predicted molar refractivity (Wildman–Crippen MR) is 116 cm³/mol. The van der Waals surface area contributed by atoms with Gasteiger partial charge in [0.15, 0.2) is 6.71 Å². The lowest BCUT2D eigenvalue weighted by Crippen LogP contribution is -2.59. The molecule has 0 saturated heterocycles. The van der Waals surface area contributed by atoms with Crippen molar-refractivity contribution in [2.45, 2.75) is 85.2 Å². The fourth-order valence-electron chi connectivity index (χ4n) is 8.52. The van der Waals surface area contributed by atoms with Crippen LogP contribution in [0.1, 0.15) is 67.2 Å². The van der Waals surface area contributed by atoms with Gasteiger partial charge < -0.3 is 0 Å². The van der Waals surface area contributed by atoms with Crippen molar-refractivity contribution in [2.75, 3.05) is 0 Å². The van der Waals surface area contributed by atoms with Crippen molar-refractivity contribution in [1.29, 1.82) is 0 Å². The molecule has 1 heteroatoms. The van der Waals surface area contributed by atoms with Gasteiger partial charge in [0.25, 0.3) is 0 Å². The molecule has 0 radical (unpaired) electrons. The van der Waals surface area contributed by atoms with Crippen LogP contribution in [0, 0.1) is 46.3 Å². The van der Waals surface area contributed by atoms with Crippen LogP contribution in [0.15, 0.2) is 24.8 Å². The average Bonchev–Trinajstić information content (AvgIpc) is 2.59. The molecule has 8 atom stereocenters. The summed E-state index contributed by atoms with van der Waals surface area (Å²) in [5, 5.41) is 0. The van der Waals surface area contributed by atoms with Gasteiger partial charge in [0.05, 0.1) is 0 Å². The molecule has 0 unspecified atom stereocenters. The van der Waals surface area contributed by atoms with E-state index in [1.54, 1.807) is 0 Å². The summed E-state index contributed by atoms with van der Waals surface area (Å²) in [7, 11) is 0. The summed E-state index contributed by atoms with van der Waals surface area (Å²) in [5.74, 6) is 7.45. The molecule has 0 aromatic rings. The maximum atomic E-state index is 4.35. The molecular formula is C25H41B. The third kappa shape index (κ3) is 2.47. The van der Waals surface area contributed by atoms with Crippen LogP contribution in [0.4, 0.5) is 0 Å². The smallest absolute Gasteiger partial charge is 0.0988 e. The molecule has 26 heavy (non-hydrogen) atoms. The molecule has 0 aliphatic heterocycles. The van der Waals surface area contributed by atoms with Crippen LogP contribution in [0.2, 0.25) is 18.0 Å². The lowest BCUT2D eigenvalue weighted by molar-refractivity contribution is -0.107. The molecule has 0 aromatic carbocycles. The van der Waals surface area contributed by atoms with Crippen molar-refractivity contribution in [3.8, 4) is 0 Å². The quantitative estimate of drug-likeness (QED) is 0.358. The molecule has 4 bridgehead atoms. The Morgan fingerprint density at radius 1 is 0.885 bits per heavy atom. The van der Waals surface area contributed by atoms with Gasteiger partial charge in [-0.2, -0.15) is 0 Å². The highest BCUT2D eigenvalue weighted by atomic mass is 14.6. The van der Waals surface area contributed by atoms with Crippen molar-refractivity contribution in [2.24, 2.45) is 46.3 Å². The SMILES string of the molecule is C=CC(=C)CB([C@@H]1C[C@@H]2C[C@H]([C@@H]1C)C2(C)C)[C@@H]1C[C@@H]2C[C@H]([C@@H]1C)C2(C)C. The Kier molecular flexibility index (Phi) is 4.37. The fourth-order valence-corrected chi connectivity index (χ4v) is 8.52. The largest absolute Gasteiger partial charge is 0.151 e. The van der Waals surface area contributed by atoms with Crippen molar-refractivity contribution in [3.05, 3.63) is 24.8 Å². The molecule has 0 nitrogen and oxygen atoms in total. The van der Waals surface area contributed by atoms with E-state index in [-0.39, 0.29) is 0 Å². The number of fused-ring (bicyclic) bond motifs is 4. The molecule has 0 N–H and O–H groups in total. The summed E-state index contributed by atoms with van der Waals surface area (Å²) in [5.41, 5.74) is 2.47. The molecule has 0 spiro atoms. The highest BCUT2D eigenvalue weighted by Crippen LogP contribution is 2.69. The Hall–Kier alpha value is -0.455. The van der Waals surface area contributed by atoms with Crippen molar-refractivity contribution >= 4 is 6.71 Å². The minimum atomic E-state index is 0.595. The van der Waals surface area contributed by atoms with Gasteiger partial charge in [-0.3, -0.25) is 0 Å². The number of rotatable bonds is 5. The molecule has 0 amide bonds. The third-order valence-electron chi connectivity index (χ3n) is 10.7. The van der Waals surface area contributed by atoms with Crippen molar-refractivity contribution in [1.82, 2.24) is 0 Å². The van der Waals surface area contributed by atoms with E-state index in [1.807, 2.05) is 6.08 Å². The molecule has 6 rings (SSSR count). The van der Waals surface area contributed by atoms with E-state index in [1.165, 1.54) is 37.6 Å². The Morgan fingerprint density at radius 2 is 1.31 bits per heavy atom. The first-order chi connectivity index (χ1) is 12.1. The number of hydrogen-bond donors (Lipinski definition) is 0. The molecule has 0 aromatic heterocycles. The van der Waals surface area contributed by atoms with E-state index in [4.69, 9.17) is 0 Å². The minimum absolute atomic E-state index is 0.595. The summed E-state index contributed by atoms with van der Waals surface area (Å²) in [6.07, 6.45) is 9.18. The fraction of sp³-hybridized carbons (Fsp3) is 0.840. The first kappa shape index (κ1) is 18.9. The van der Waals surface area contributed by atoms with Crippen LogP contribution in [0.25, 0.3) is 0 Å². The third-order valence-corrected chi connectivity index (χ3v) is 10.7. The molecular weight excluding hydrogens is 311 g/mol. The van der Waals surface area contributed by atoms with Gasteiger partial charge in [-0.25, -0.2) is 0 Å². The zero-order valence-corrected chi connectivity index (χ0v) is 18.2. The molecule has 6 fully saturated rings. The average molecular weight is 352 g/mol. The summed E-state index contributed by atoms with van der Waals surface area (Å²) < 4.78 is 0. The van der Waals surface area contributed by atoms with Crippen LogP contribution >= 0.6 is 0 Å². The summed E-state index contributed by atoms with van der Waals surface area (Å²) in [4.78, 5) is 0.